The monoisotopic (exact) mass is 274 g/mol. The van der Waals surface area contributed by atoms with Gasteiger partial charge >= 0.3 is 0 Å². The van der Waals surface area contributed by atoms with Crippen LogP contribution in [0.3, 0.4) is 0 Å². The number of nitrogens with two attached hydrogens (primary N) is 1. The Morgan fingerprint density at radius 3 is 2.61 bits per heavy atom. The zero-order chi connectivity index (χ0) is 13.4. The Balaban J connectivity index is 2.22. The summed E-state index contributed by atoms with van der Waals surface area (Å²) in [6.45, 7) is 1.30. The number of amides is 1. The van der Waals surface area contributed by atoms with Crippen molar-refractivity contribution in [3.8, 4) is 0 Å². The Hall–Kier alpha value is -0.420. The van der Waals surface area contributed by atoms with E-state index in [2.05, 4.69) is 0 Å². The van der Waals surface area contributed by atoms with Crippen LogP contribution in [0.15, 0.2) is 0 Å². The smallest absolute Gasteiger partial charge is 0.223 e. The number of rotatable bonds is 7. The van der Waals surface area contributed by atoms with Gasteiger partial charge in [0.15, 0.2) is 0 Å². The first-order chi connectivity index (χ1) is 8.65. The van der Waals surface area contributed by atoms with E-state index >= 15 is 0 Å². The molecule has 0 radical (unpaired) electrons. The first kappa shape index (κ1) is 15.6. The lowest BCUT2D eigenvalue weighted by Crippen LogP contribution is -2.31. The fourth-order valence-electron chi connectivity index (χ4n) is 2.33. The van der Waals surface area contributed by atoms with Gasteiger partial charge in [0.05, 0.1) is 0 Å². The molecule has 1 aliphatic rings. The summed E-state index contributed by atoms with van der Waals surface area (Å²) in [7, 11) is 0.972. The predicted octanol–water partition coefficient (Wildman–Crippen LogP) is 1.27. The highest BCUT2D eigenvalue weighted by molar-refractivity contribution is 7.85. The van der Waals surface area contributed by atoms with Gasteiger partial charge in [0.25, 0.3) is 0 Å². The molecule has 1 unspecified atom stereocenters. The Labute approximate surface area is 113 Å². The van der Waals surface area contributed by atoms with E-state index in [0.717, 1.165) is 19.3 Å². The topological polar surface area (TPSA) is 63.4 Å². The van der Waals surface area contributed by atoms with Crippen molar-refractivity contribution in [2.75, 3.05) is 25.9 Å². The minimum atomic E-state index is -0.821. The molecule has 0 spiro atoms. The molecule has 106 valence electrons. The molecule has 0 bridgehead atoms. The summed E-state index contributed by atoms with van der Waals surface area (Å²) in [5.74, 6) is 0.615. The van der Waals surface area contributed by atoms with Crippen molar-refractivity contribution in [1.29, 1.82) is 0 Å². The van der Waals surface area contributed by atoms with E-state index in [1.807, 2.05) is 0 Å². The van der Waals surface area contributed by atoms with Crippen LogP contribution >= 0.6 is 0 Å². The fraction of sp³-hybridized carbons (Fsp3) is 0.923. The van der Waals surface area contributed by atoms with Gasteiger partial charge < -0.3 is 10.6 Å². The van der Waals surface area contributed by atoms with Crippen LogP contribution in [0.1, 0.15) is 44.9 Å². The molecule has 0 aromatic carbocycles. The molecule has 0 aromatic rings. The minimum absolute atomic E-state index is 0.0904. The highest BCUT2D eigenvalue weighted by atomic mass is 32.2. The summed E-state index contributed by atoms with van der Waals surface area (Å²) < 4.78 is 12.1. The average Bonchev–Trinajstić information content (AvgIpc) is 2.42. The van der Waals surface area contributed by atoms with Gasteiger partial charge in [0.1, 0.15) is 0 Å². The summed E-state index contributed by atoms with van der Waals surface area (Å²) in [6, 6.07) is 0. The van der Waals surface area contributed by atoms with Crippen molar-refractivity contribution in [2.45, 2.75) is 50.2 Å². The fourth-order valence-corrected chi connectivity index (χ4v) is 3.89. The van der Waals surface area contributed by atoms with Gasteiger partial charge in [-0.05, 0) is 25.8 Å². The standard InChI is InChI=1S/C13H26N2O2S/c1-15(10-5-9-14)13(16)8-11-18(17)12-6-3-2-4-7-12/h12H,2-11,14H2,1H3. The Bertz CT molecular complexity index is 278. The third kappa shape index (κ3) is 5.48. The van der Waals surface area contributed by atoms with Crippen LogP contribution in [0, 0.1) is 0 Å². The van der Waals surface area contributed by atoms with Crippen molar-refractivity contribution in [3.63, 3.8) is 0 Å². The third-order valence-corrected chi connectivity index (χ3v) is 5.39. The first-order valence-corrected chi connectivity index (χ1v) is 8.34. The van der Waals surface area contributed by atoms with E-state index in [1.165, 1.54) is 19.3 Å². The number of nitrogens with zero attached hydrogens (tertiary/aromatic N) is 1. The molecule has 1 rings (SSSR count). The van der Waals surface area contributed by atoms with Crippen LogP contribution in [0.5, 0.6) is 0 Å². The summed E-state index contributed by atoms with van der Waals surface area (Å²) in [6.07, 6.45) is 7.04. The van der Waals surface area contributed by atoms with Crippen molar-refractivity contribution in [1.82, 2.24) is 4.90 Å². The quantitative estimate of drug-likeness (QED) is 0.760. The third-order valence-electron chi connectivity index (χ3n) is 3.56. The largest absolute Gasteiger partial charge is 0.346 e. The SMILES string of the molecule is CN(CCCN)C(=O)CCS(=O)C1CCCCC1. The Kier molecular flexibility index (Phi) is 7.51. The van der Waals surface area contributed by atoms with Crippen molar-refractivity contribution >= 4 is 16.7 Å². The van der Waals surface area contributed by atoms with Gasteiger partial charge in [-0.2, -0.15) is 0 Å². The van der Waals surface area contributed by atoms with E-state index in [4.69, 9.17) is 5.73 Å². The summed E-state index contributed by atoms with van der Waals surface area (Å²) >= 11 is 0. The minimum Gasteiger partial charge on any atom is -0.346 e. The average molecular weight is 274 g/mol. The van der Waals surface area contributed by atoms with E-state index in [-0.39, 0.29) is 5.91 Å². The van der Waals surface area contributed by atoms with Gasteiger partial charge in [0, 0.05) is 41.8 Å². The molecule has 1 saturated carbocycles. The van der Waals surface area contributed by atoms with E-state index in [1.54, 1.807) is 11.9 Å². The summed E-state index contributed by atoms with van der Waals surface area (Å²) in [5, 5.41) is 0.334. The number of hydrogen-bond acceptors (Lipinski definition) is 3. The van der Waals surface area contributed by atoms with Crippen molar-refractivity contribution < 1.29 is 9.00 Å². The second-order valence-corrected chi connectivity index (χ2v) is 6.89. The Morgan fingerprint density at radius 2 is 2.00 bits per heavy atom. The van der Waals surface area contributed by atoms with Crippen LogP contribution in [0.25, 0.3) is 0 Å². The number of hydrogen-bond donors (Lipinski definition) is 1. The molecule has 1 aliphatic carbocycles. The molecule has 1 amide bonds. The molecule has 2 N–H and O–H groups in total. The normalized spacial score (nSPS) is 18.6. The number of carbonyl (C=O) groups excluding carboxylic acids is 1. The maximum absolute atomic E-state index is 12.1. The zero-order valence-corrected chi connectivity index (χ0v) is 12.2. The Morgan fingerprint density at radius 1 is 1.33 bits per heavy atom. The van der Waals surface area contributed by atoms with Gasteiger partial charge in [-0.25, -0.2) is 0 Å². The molecule has 0 aromatic heterocycles. The lowest BCUT2D eigenvalue weighted by atomic mass is 10.0. The molecular weight excluding hydrogens is 248 g/mol. The molecular formula is C13H26N2O2S. The van der Waals surface area contributed by atoms with E-state index < -0.39 is 10.8 Å². The number of carbonyl (C=O) groups is 1. The van der Waals surface area contributed by atoms with Crippen LogP contribution in [-0.4, -0.2) is 46.2 Å². The van der Waals surface area contributed by atoms with Crippen molar-refractivity contribution in [3.05, 3.63) is 0 Å². The molecule has 5 heteroatoms. The first-order valence-electron chi connectivity index (χ1n) is 6.96. The van der Waals surface area contributed by atoms with Gasteiger partial charge in [-0.3, -0.25) is 9.00 Å². The van der Waals surface area contributed by atoms with Crippen LogP contribution < -0.4 is 5.73 Å². The van der Waals surface area contributed by atoms with Crippen LogP contribution in [0.4, 0.5) is 0 Å². The molecule has 1 atom stereocenters. The highest BCUT2D eigenvalue weighted by Crippen LogP contribution is 2.22. The van der Waals surface area contributed by atoms with Crippen molar-refractivity contribution in [2.24, 2.45) is 5.73 Å². The summed E-state index contributed by atoms with van der Waals surface area (Å²) in [5.41, 5.74) is 5.41. The maximum Gasteiger partial charge on any atom is 0.223 e. The molecule has 4 nitrogen and oxygen atoms in total. The van der Waals surface area contributed by atoms with E-state index in [0.29, 0.717) is 30.5 Å². The molecule has 0 aliphatic heterocycles. The lowest BCUT2D eigenvalue weighted by Gasteiger charge is -2.21. The molecule has 1 fully saturated rings. The highest BCUT2D eigenvalue weighted by Gasteiger charge is 2.20. The van der Waals surface area contributed by atoms with Gasteiger partial charge in [0.2, 0.25) is 5.91 Å². The second kappa shape index (κ2) is 8.64. The molecule has 0 saturated heterocycles. The second-order valence-electron chi connectivity index (χ2n) is 5.05. The zero-order valence-electron chi connectivity index (χ0n) is 11.4. The predicted molar refractivity (Wildman–Crippen MR) is 75.8 cm³/mol. The summed E-state index contributed by atoms with van der Waals surface area (Å²) in [4.78, 5) is 13.5. The van der Waals surface area contributed by atoms with Crippen LogP contribution in [0.2, 0.25) is 0 Å². The van der Waals surface area contributed by atoms with Gasteiger partial charge in [-0.1, -0.05) is 19.3 Å². The maximum atomic E-state index is 12.1. The molecule has 0 heterocycles. The molecule has 18 heavy (non-hydrogen) atoms. The van der Waals surface area contributed by atoms with Crippen LogP contribution in [-0.2, 0) is 15.6 Å². The van der Waals surface area contributed by atoms with E-state index in [9.17, 15) is 9.00 Å². The lowest BCUT2D eigenvalue weighted by molar-refractivity contribution is -0.129. The van der Waals surface area contributed by atoms with Gasteiger partial charge in [-0.15, -0.1) is 0 Å².